The second kappa shape index (κ2) is 6.71. The van der Waals surface area contributed by atoms with Crippen LogP contribution in [0.5, 0.6) is 0 Å². The van der Waals surface area contributed by atoms with Crippen molar-refractivity contribution in [3.8, 4) is 0 Å². The molecule has 3 nitrogen and oxygen atoms in total. The molecule has 0 N–H and O–H groups in total. The van der Waals surface area contributed by atoms with Gasteiger partial charge in [0.1, 0.15) is 0 Å². The minimum absolute atomic E-state index is 0.00257. The van der Waals surface area contributed by atoms with Crippen molar-refractivity contribution in [2.24, 2.45) is 11.8 Å². The van der Waals surface area contributed by atoms with Crippen LogP contribution in [0.4, 0.5) is 0 Å². The van der Waals surface area contributed by atoms with Gasteiger partial charge in [-0.1, -0.05) is 62.4 Å². The smallest absolute Gasteiger partial charge is 0.250 e. The molecule has 0 spiro atoms. The Hall–Kier alpha value is -1.87. The summed E-state index contributed by atoms with van der Waals surface area (Å²) in [6, 6.07) is 10.3. The van der Waals surface area contributed by atoms with E-state index in [1.807, 2.05) is 23.1 Å². The van der Waals surface area contributed by atoms with Gasteiger partial charge in [0.25, 0.3) is 0 Å². The second-order valence-corrected chi connectivity index (χ2v) is 6.86. The number of methoxy groups -OCH3 is 1. The van der Waals surface area contributed by atoms with Gasteiger partial charge in [-0.25, -0.2) is 0 Å². The van der Waals surface area contributed by atoms with E-state index < -0.39 is 0 Å². The molecule has 1 aromatic rings. The lowest BCUT2D eigenvalue weighted by atomic mass is 9.88. The van der Waals surface area contributed by atoms with Crippen molar-refractivity contribution in [3.05, 3.63) is 59.7 Å². The lowest BCUT2D eigenvalue weighted by Gasteiger charge is -2.40. The molecule has 0 saturated carbocycles. The van der Waals surface area contributed by atoms with Crippen LogP contribution in [0.15, 0.2) is 54.1 Å². The fourth-order valence-electron chi connectivity index (χ4n) is 3.61. The van der Waals surface area contributed by atoms with Gasteiger partial charge in [-0.2, -0.15) is 0 Å². The third-order valence-electron chi connectivity index (χ3n) is 4.61. The topological polar surface area (TPSA) is 29.5 Å². The number of nitrogens with zero attached hydrogens (tertiary/aromatic N) is 1. The van der Waals surface area contributed by atoms with E-state index >= 15 is 0 Å². The fraction of sp³-hybridized carbons (Fsp3) is 0.450. The number of fused-ring (bicyclic) bond motifs is 1. The highest BCUT2D eigenvalue weighted by molar-refractivity contribution is 5.95. The molecule has 1 amide bonds. The van der Waals surface area contributed by atoms with Crippen LogP contribution in [0.2, 0.25) is 0 Å². The molecule has 1 heterocycles. The Morgan fingerprint density at radius 2 is 1.91 bits per heavy atom. The Morgan fingerprint density at radius 1 is 1.17 bits per heavy atom. The molecule has 3 atom stereocenters. The van der Waals surface area contributed by atoms with Crippen LogP contribution in [0, 0.1) is 11.8 Å². The Balaban J connectivity index is 1.89. The molecule has 1 aromatic carbocycles. The predicted octanol–water partition coefficient (Wildman–Crippen LogP) is 3.22. The number of benzene rings is 1. The molecule has 2 aliphatic rings. The molecule has 1 aliphatic carbocycles. The summed E-state index contributed by atoms with van der Waals surface area (Å²) in [5.74, 6) is 0.860. The number of carbonyl (C=O) groups is 1. The number of carbonyl (C=O) groups excluding carboxylic acids is 1. The standard InChI is InChI=1S/C20H25NO2/c1-14(2)13-21-19-16(9-10-18(19)23-3)12-17(20(21)22)11-15-7-5-4-6-8-15/h4-10,12,14,16,18-19H,11,13H2,1-3H3/t16-,18+,19+/m0/s1. The Morgan fingerprint density at radius 3 is 2.57 bits per heavy atom. The van der Waals surface area contributed by atoms with E-state index in [-0.39, 0.29) is 24.0 Å². The summed E-state index contributed by atoms with van der Waals surface area (Å²) in [5.41, 5.74) is 2.08. The van der Waals surface area contributed by atoms with Gasteiger partial charge in [0.2, 0.25) is 5.91 Å². The summed E-state index contributed by atoms with van der Waals surface area (Å²) in [4.78, 5) is 15.1. The summed E-state index contributed by atoms with van der Waals surface area (Å²) in [6.07, 6.45) is 7.12. The molecular formula is C20H25NO2. The van der Waals surface area contributed by atoms with Crippen LogP contribution in [-0.4, -0.2) is 36.6 Å². The third kappa shape index (κ3) is 3.25. The molecule has 0 fully saturated rings. The van der Waals surface area contributed by atoms with Gasteiger partial charge in [-0.3, -0.25) is 4.79 Å². The monoisotopic (exact) mass is 311 g/mol. The maximum atomic E-state index is 13.0. The second-order valence-electron chi connectivity index (χ2n) is 6.86. The number of hydrogen-bond acceptors (Lipinski definition) is 2. The summed E-state index contributed by atoms with van der Waals surface area (Å²) < 4.78 is 5.58. The lowest BCUT2D eigenvalue weighted by molar-refractivity contribution is -0.134. The molecule has 1 aliphatic heterocycles. The Bertz CT molecular complexity index is 618. The number of hydrogen-bond donors (Lipinski definition) is 0. The quantitative estimate of drug-likeness (QED) is 0.781. The van der Waals surface area contributed by atoms with Crippen LogP contribution in [-0.2, 0) is 16.0 Å². The van der Waals surface area contributed by atoms with Crippen LogP contribution >= 0.6 is 0 Å². The molecule has 3 rings (SSSR count). The van der Waals surface area contributed by atoms with E-state index in [0.29, 0.717) is 12.3 Å². The summed E-state index contributed by atoms with van der Waals surface area (Å²) in [7, 11) is 1.72. The summed E-state index contributed by atoms with van der Waals surface area (Å²) in [5, 5.41) is 0. The van der Waals surface area contributed by atoms with Crippen molar-refractivity contribution in [2.75, 3.05) is 13.7 Å². The third-order valence-corrected chi connectivity index (χ3v) is 4.61. The average Bonchev–Trinajstić information content (AvgIpc) is 2.94. The first-order valence-electron chi connectivity index (χ1n) is 8.37. The highest BCUT2D eigenvalue weighted by Gasteiger charge is 2.42. The largest absolute Gasteiger partial charge is 0.375 e. The zero-order chi connectivity index (χ0) is 16.4. The molecule has 3 heteroatoms. The van der Waals surface area contributed by atoms with Gasteiger partial charge in [-0.15, -0.1) is 0 Å². The van der Waals surface area contributed by atoms with Crippen molar-refractivity contribution < 1.29 is 9.53 Å². The SMILES string of the molecule is CO[C@@H]1C=C[C@H]2C=C(Cc3ccccc3)C(=O)N(CC(C)C)[C@H]21. The van der Waals surface area contributed by atoms with Crippen LogP contribution < -0.4 is 0 Å². The Labute approximate surface area is 138 Å². The first-order chi connectivity index (χ1) is 11.1. The van der Waals surface area contributed by atoms with E-state index in [1.165, 1.54) is 5.56 Å². The van der Waals surface area contributed by atoms with Crippen LogP contribution in [0.3, 0.4) is 0 Å². The number of ether oxygens (including phenoxy) is 1. The van der Waals surface area contributed by atoms with Gasteiger partial charge >= 0.3 is 0 Å². The molecule has 0 bridgehead atoms. The van der Waals surface area contributed by atoms with Gasteiger partial charge < -0.3 is 9.64 Å². The van der Waals surface area contributed by atoms with E-state index in [9.17, 15) is 4.79 Å². The molecule has 0 saturated heterocycles. The summed E-state index contributed by atoms with van der Waals surface area (Å²) in [6.45, 7) is 5.08. The zero-order valence-corrected chi connectivity index (χ0v) is 14.1. The maximum Gasteiger partial charge on any atom is 0.250 e. The van der Waals surface area contributed by atoms with Crippen molar-refractivity contribution in [3.63, 3.8) is 0 Å². The minimum atomic E-state index is -0.00257. The van der Waals surface area contributed by atoms with Gasteiger partial charge in [0.05, 0.1) is 12.1 Å². The minimum Gasteiger partial charge on any atom is -0.375 e. The Kier molecular flexibility index (Phi) is 4.67. The first kappa shape index (κ1) is 16.0. The van der Waals surface area contributed by atoms with E-state index in [2.05, 4.69) is 44.2 Å². The van der Waals surface area contributed by atoms with Crippen LogP contribution in [0.25, 0.3) is 0 Å². The zero-order valence-electron chi connectivity index (χ0n) is 14.1. The average molecular weight is 311 g/mol. The van der Waals surface area contributed by atoms with E-state index in [0.717, 1.165) is 12.1 Å². The molecule has 23 heavy (non-hydrogen) atoms. The van der Waals surface area contributed by atoms with Crippen molar-refractivity contribution >= 4 is 5.91 Å². The van der Waals surface area contributed by atoms with E-state index in [1.54, 1.807) is 7.11 Å². The molecule has 0 unspecified atom stereocenters. The molecule has 0 aromatic heterocycles. The summed E-state index contributed by atoms with van der Waals surface area (Å²) >= 11 is 0. The maximum absolute atomic E-state index is 13.0. The van der Waals surface area contributed by atoms with Gasteiger partial charge in [-0.05, 0) is 11.5 Å². The normalized spacial score (nSPS) is 26.6. The van der Waals surface area contributed by atoms with Gasteiger partial charge in [0.15, 0.2) is 0 Å². The van der Waals surface area contributed by atoms with E-state index in [4.69, 9.17) is 4.74 Å². The number of amides is 1. The highest BCUT2D eigenvalue weighted by atomic mass is 16.5. The molecule has 0 radical (unpaired) electrons. The van der Waals surface area contributed by atoms with Gasteiger partial charge in [0, 0.05) is 31.6 Å². The number of rotatable bonds is 5. The molecule has 122 valence electrons. The molecular weight excluding hydrogens is 286 g/mol. The van der Waals surface area contributed by atoms with Crippen molar-refractivity contribution in [2.45, 2.75) is 32.4 Å². The fourth-order valence-corrected chi connectivity index (χ4v) is 3.61. The van der Waals surface area contributed by atoms with Crippen molar-refractivity contribution in [1.29, 1.82) is 0 Å². The lowest BCUT2D eigenvalue weighted by Crippen LogP contribution is -2.52. The first-order valence-corrected chi connectivity index (χ1v) is 8.37. The van der Waals surface area contributed by atoms with Crippen LogP contribution in [0.1, 0.15) is 19.4 Å². The predicted molar refractivity (Wildman–Crippen MR) is 92.0 cm³/mol. The highest BCUT2D eigenvalue weighted by Crippen LogP contribution is 2.34. The van der Waals surface area contributed by atoms with Crippen molar-refractivity contribution in [1.82, 2.24) is 4.90 Å².